The molecule has 19 heavy (non-hydrogen) atoms. The zero-order valence-electron chi connectivity index (χ0n) is 9.60. The zero-order chi connectivity index (χ0) is 13.1. The first-order valence-electron chi connectivity index (χ1n) is 5.19. The highest BCUT2D eigenvalue weighted by molar-refractivity contribution is 7.16. The molecule has 0 atom stereocenters. The van der Waals surface area contributed by atoms with Crippen molar-refractivity contribution in [3.05, 3.63) is 49.9 Å². The summed E-state index contributed by atoms with van der Waals surface area (Å²) in [5, 5.41) is 9.66. The predicted molar refractivity (Wildman–Crippen MR) is 80.2 cm³/mol. The second-order valence-electron chi connectivity index (χ2n) is 3.67. The van der Waals surface area contributed by atoms with Crippen molar-refractivity contribution >= 4 is 52.9 Å². The molecule has 2 rings (SSSR count). The van der Waals surface area contributed by atoms with Gasteiger partial charge in [0.25, 0.3) is 0 Å². The molecular formula is C12H10Cl3NO2S. The summed E-state index contributed by atoms with van der Waals surface area (Å²) in [6, 6.07) is 7.49. The third-order valence-electron chi connectivity index (χ3n) is 2.40. The van der Waals surface area contributed by atoms with Gasteiger partial charge >= 0.3 is 5.97 Å². The van der Waals surface area contributed by atoms with Gasteiger partial charge in [0.15, 0.2) is 10.2 Å². The number of benzene rings is 1. The highest BCUT2D eigenvalue weighted by atomic mass is 35.5. The zero-order valence-corrected chi connectivity index (χ0v) is 12.7. The van der Waals surface area contributed by atoms with Crippen LogP contribution in [0.3, 0.4) is 0 Å². The Kier molecular flexibility index (Phi) is 6.07. The largest absolute Gasteiger partial charge is 0.476 e. The average molecular weight is 339 g/mol. The molecule has 1 aromatic heterocycles. The van der Waals surface area contributed by atoms with E-state index in [0.717, 1.165) is 5.56 Å². The van der Waals surface area contributed by atoms with Crippen molar-refractivity contribution in [2.75, 3.05) is 0 Å². The van der Waals surface area contributed by atoms with Crippen molar-refractivity contribution in [3.63, 3.8) is 0 Å². The van der Waals surface area contributed by atoms with Crippen molar-refractivity contribution in [2.24, 2.45) is 0 Å². The van der Waals surface area contributed by atoms with Gasteiger partial charge in [0.2, 0.25) is 0 Å². The maximum atomic E-state index is 11.0. The fraction of sp³-hybridized carbons (Fsp3) is 0.167. The van der Waals surface area contributed by atoms with Crippen molar-refractivity contribution in [1.82, 2.24) is 4.98 Å². The van der Waals surface area contributed by atoms with Gasteiger partial charge in [0.1, 0.15) is 0 Å². The highest BCUT2D eigenvalue weighted by Gasteiger charge is 2.16. The van der Waals surface area contributed by atoms with Crippen LogP contribution >= 0.6 is 46.9 Å². The summed E-state index contributed by atoms with van der Waals surface area (Å²) in [6.07, 6.45) is 1.30. The van der Waals surface area contributed by atoms with E-state index in [9.17, 15) is 4.79 Å². The van der Waals surface area contributed by atoms with Gasteiger partial charge in [-0.1, -0.05) is 35.3 Å². The molecule has 102 valence electrons. The third kappa shape index (κ3) is 4.35. The van der Waals surface area contributed by atoms with Gasteiger partial charge in [-0.05, 0) is 30.5 Å². The van der Waals surface area contributed by atoms with E-state index in [1.165, 1.54) is 11.3 Å². The second kappa shape index (κ2) is 7.10. The third-order valence-corrected chi connectivity index (χ3v) is 3.86. The van der Waals surface area contributed by atoms with Crippen LogP contribution in [0.2, 0.25) is 9.49 Å². The van der Waals surface area contributed by atoms with Crippen molar-refractivity contribution < 1.29 is 9.90 Å². The molecule has 3 nitrogen and oxygen atoms in total. The van der Waals surface area contributed by atoms with E-state index in [-0.39, 0.29) is 22.6 Å². The quantitative estimate of drug-likeness (QED) is 0.901. The Bertz CT molecular complexity index is 586. The van der Waals surface area contributed by atoms with Gasteiger partial charge in [-0.15, -0.1) is 23.7 Å². The van der Waals surface area contributed by atoms with E-state index in [2.05, 4.69) is 4.98 Å². The van der Waals surface area contributed by atoms with E-state index < -0.39 is 5.97 Å². The summed E-state index contributed by atoms with van der Waals surface area (Å²) in [6.45, 7) is 0. The van der Waals surface area contributed by atoms with E-state index in [0.29, 0.717) is 22.7 Å². The minimum absolute atomic E-state index is 0. The molecule has 0 unspecified atom stereocenters. The number of hydrogen-bond acceptors (Lipinski definition) is 3. The van der Waals surface area contributed by atoms with Crippen LogP contribution in [-0.4, -0.2) is 16.1 Å². The average Bonchev–Trinajstić information content (AvgIpc) is 2.68. The fourth-order valence-corrected chi connectivity index (χ4v) is 2.96. The molecule has 0 aliphatic heterocycles. The van der Waals surface area contributed by atoms with Crippen LogP contribution in [0.5, 0.6) is 0 Å². The Morgan fingerprint density at radius 2 is 2.05 bits per heavy atom. The molecular weight excluding hydrogens is 329 g/mol. The van der Waals surface area contributed by atoms with Crippen LogP contribution in [0.15, 0.2) is 24.3 Å². The molecule has 0 aliphatic carbocycles. The number of aromatic carboxylic acids is 1. The summed E-state index contributed by atoms with van der Waals surface area (Å²) in [5.74, 6) is -1.04. The number of halogens is 3. The number of carboxylic acids is 1. The van der Waals surface area contributed by atoms with E-state index in [1.54, 1.807) is 6.07 Å². The number of nitrogens with zero attached hydrogens (tertiary/aromatic N) is 1. The number of aryl methyl sites for hydroxylation is 2. The van der Waals surface area contributed by atoms with Crippen LogP contribution in [0, 0.1) is 0 Å². The summed E-state index contributed by atoms with van der Waals surface area (Å²) in [4.78, 5) is 15.5. The lowest BCUT2D eigenvalue weighted by Crippen LogP contribution is -2.02. The minimum atomic E-state index is -1.04. The number of aromatic nitrogens is 1. The first-order valence-corrected chi connectivity index (χ1v) is 6.76. The minimum Gasteiger partial charge on any atom is -0.476 e. The number of hydrogen-bond donors (Lipinski definition) is 1. The van der Waals surface area contributed by atoms with Crippen molar-refractivity contribution in [2.45, 2.75) is 12.8 Å². The van der Waals surface area contributed by atoms with Gasteiger partial charge in [-0.2, -0.15) is 0 Å². The van der Waals surface area contributed by atoms with Crippen molar-refractivity contribution in [1.29, 1.82) is 0 Å². The molecule has 1 heterocycles. The molecule has 1 N–H and O–H groups in total. The van der Waals surface area contributed by atoms with Gasteiger partial charge in [0, 0.05) is 9.90 Å². The fourth-order valence-electron chi connectivity index (χ4n) is 1.61. The van der Waals surface area contributed by atoms with Crippen molar-refractivity contribution in [3.8, 4) is 0 Å². The van der Waals surface area contributed by atoms with Crippen LogP contribution in [0.4, 0.5) is 0 Å². The SMILES string of the molecule is Cl.O=C(O)c1nc(Cl)sc1CCc1cccc(Cl)c1. The molecule has 1 aromatic carbocycles. The molecule has 0 radical (unpaired) electrons. The summed E-state index contributed by atoms with van der Waals surface area (Å²) in [5.41, 5.74) is 1.11. The normalized spacial score (nSPS) is 10.0. The van der Waals surface area contributed by atoms with Crippen LogP contribution in [-0.2, 0) is 12.8 Å². The molecule has 0 spiro atoms. The van der Waals surface area contributed by atoms with Crippen LogP contribution < -0.4 is 0 Å². The number of thiazole rings is 1. The second-order valence-corrected chi connectivity index (χ2v) is 5.78. The van der Waals surface area contributed by atoms with E-state index in [4.69, 9.17) is 28.3 Å². The van der Waals surface area contributed by atoms with Crippen LogP contribution in [0.25, 0.3) is 0 Å². The monoisotopic (exact) mass is 337 g/mol. The molecule has 0 saturated heterocycles. The first-order chi connectivity index (χ1) is 8.56. The number of carbonyl (C=O) groups is 1. The first kappa shape index (κ1) is 16.2. The Balaban J connectivity index is 0.00000180. The number of carboxylic acid groups (broad SMARTS) is 1. The molecule has 0 aliphatic rings. The maximum absolute atomic E-state index is 11.0. The lowest BCUT2D eigenvalue weighted by molar-refractivity contribution is 0.0690. The summed E-state index contributed by atoms with van der Waals surface area (Å²) < 4.78 is 0.258. The Morgan fingerprint density at radius 1 is 1.32 bits per heavy atom. The topological polar surface area (TPSA) is 50.2 Å². The summed E-state index contributed by atoms with van der Waals surface area (Å²) in [7, 11) is 0. The van der Waals surface area contributed by atoms with Gasteiger partial charge < -0.3 is 5.11 Å². The van der Waals surface area contributed by atoms with Gasteiger partial charge in [0.05, 0.1) is 0 Å². The standard InChI is InChI=1S/C12H9Cl2NO2S.ClH/c13-8-3-1-2-7(6-8)4-5-9-10(11(16)17)15-12(14)18-9;/h1-3,6H,4-5H2,(H,16,17);1H. The smallest absolute Gasteiger partial charge is 0.355 e. The lowest BCUT2D eigenvalue weighted by atomic mass is 10.1. The molecule has 7 heteroatoms. The van der Waals surface area contributed by atoms with Crippen LogP contribution in [0.1, 0.15) is 20.9 Å². The van der Waals surface area contributed by atoms with Gasteiger partial charge in [-0.25, -0.2) is 9.78 Å². The van der Waals surface area contributed by atoms with Gasteiger partial charge in [-0.3, -0.25) is 0 Å². The Morgan fingerprint density at radius 3 is 2.68 bits per heavy atom. The molecule has 0 bridgehead atoms. The molecule has 0 saturated carbocycles. The van der Waals surface area contributed by atoms with E-state index >= 15 is 0 Å². The summed E-state index contributed by atoms with van der Waals surface area (Å²) >= 11 is 12.8. The van der Waals surface area contributed by atoms with E-state index in [1.807, 2.05) is 18.2 Å². The molecule has 2 aromatic rings. The predicted octanol–water partition coefficient (Wildman–Crippen LogP) is 4.36. The molecule has 0 amide bonds. The Hall–Kier alpha value is -0.810. The lowest BCUT2D eigenvalue weighted by Gasteiger charge is -2.01. The Labute approximate surface area is 130 Å². The number of rotatable bonds is 4. The highest BCUT2D eigenvalue weighted by Crippen LogP contribution is 2.24. The maximum Gasteiger partial charge on any atom is 0.355 e. The molecule has 0 fully saturated rings.